The summed E-state index contributed by atoms with van der Waals surface area (Å²) in [6.45, 7) is 0. The Balaban J connectivity index is 0.000000173. The van der Waals surface area contributed by atoms with Gasteiger partial charge in [0.2, 0.25) is 0 Å². The Hall–Kier alpha value is -2.52. The van der Waals surface area contributed by atoms with Crippen LogP contribution in [-0.4, -0.2) is 11.2 Å². The van der Waals surface area contributed by atoms with E-state index in [1.807, 2.05) is 0 Å². The largest absolute Gasteiger partial charge is 0.545 e. The van der Waals surface area contributed by atoms with Gasteiger partial charge in [-0.3, -0.25) is 0 Å². The molecule has 1 aliphatic rings. The van der Waals surface area contributed by atoms with Crippen molar-refractivity contribution in [3.05, 3.63) is 96.6 Å². The molecular formula is C22H20O2S. The SMILES string of the molecule is O=C([O-])c1ccccc1.c1ccc([S+](c2ccccc2)C2CC2)cc1. The Bertz CT molecular complexity index is 745. The van der Waals surface area contributed by atoms with E-state index in [-0.39, 0.29) is 5.56 Å². The van der Waals surface area contributed by atoms with E-state index in [0.29, 0.717) is 10.9 Å². The van der Waals surface area contributed by atoms with Gasteiger partial charge < -0.3 is 9.90 Å². The zero-order chi connectivity index (χ0) is 17.5. The van der Waals surface area contributed by atoms with E-state index in [0.717, 1.165) is 5.25 Å². The Morgan fingerprint density at radius 2 is 1.12 bits per heavy atom. The highest BCUT2D eigenvalue weighted by Crippen LogP contribution is 2.39. The molecule has 3 heteroatoms. The molecule has 0 radical (unpaired) electrons. The Morgan fingerprint density at radius 3 is 1.44 bits per heavy atom. The molecular weight excluding hydrogens is 328 g/mol. The van der Waals surface area contributed by atoms with Crippen molar-refractivity contribution in [1.29, 1.82) is 0 Å². The second kappa shape index (κ2) is 8.54. The number of rotatable bonds is 4. The van der Waals surface area contributed by atoms with E-state index in [2.05, 4.69) is 60.7 Å². The third kappa shape index (κ3) is 4.97. The van der Waals surface area contributed by atoms with Crippen molar-refractivity contribution in [2.75, 3.05) is 0 Å². The summed E-state index contributed by atoms with van der Waals surface area (Å²) >= 11 is 0. The van der Waals surface area contributed by atoms with Crippen molar-refractivity contribution >= 4 is 16.9 Å². The summed E-state index contributed by atoms with van der Waals surface area (Å²) in [7, 11) is 0.308. The molecule has 0 N–H and O–H groups in total. The van der Waals surface area contributed by atoms with Crippen LogP contribution in [0.3, 0.4) is 0 Å². The summed E-state index contributed by atoms with van der Waals surface area (Å²) in [5.41, 5.74) is 0.220. The summed E-state index contributed by atoms with van der Waals surface area (Å²) in [5, 5.41) is 11.0. The number of hydrogen-bond acceptors (Lipinski definition) is 2. The molecule has 0 heterocycles. The van der Waals surface area contributed by atoms with E-state index in [4.69, 9.17) is 0 Å². The Kier molecular flexibility index (Phi) is 5.91. The maximum absolute atomic E-state index is 10.1. The van der Waals surface area contributed by atoms with Gasteiger partial charge in [0.25, 0.3) is 0 Å². The summed E-state index contributed by atoms with van der Waals surface area (Å²) < 4.78 is 0. The molecule has 1 aliphatic carbocycles. The molecule has 0 aliphatic heterocycles. The average Bonchev–Trinajstić information content (AvgIpc) is 3.50. The molecule has 0 amide bonds. The highest BCUT2D eigenvalue weighted by molar-refractivity contribution is 7.97. The zero-order valence-corrected chi connectivity index (χ0v) is 14.7. The molecule has 0 aromatic heterocycles. The van der Waals surface area contributed by atoms with E-state index in [9.17, 15) is 9.90 Å². The molecule has 0 atom stereocenters. The highest BCUT2D eigenvalue weighted by Gasteiger charge is 2.43. The van der Waals surface area contributed by atoms with Crippen molar-refractivity contribution in [3.8, 4) is 0 Å². The van der Waals surface area contributed by atoms with E-state index >= 15 is 0 Å². The zero-order valence-electron chi connectivity index (χ0n) is 13.9. The van der Waals surface area contributed by atoms with Gasteiger partial charge in [-0.15, -0.1) is 0 Å². The van der Waals surface area contributed by atoms with Gasteiger partial charge in [-0.05, 0) is 29.8 Å². The van der Waals surface area contributed by atoms with E-state index in [1.54, 1.807) is 18.2 Å². The quantitative estimate of drug-likeness (QED) is 0.670. The molecule has 25 heavy (non-hydrogen) atoms. The lowest BCUT2D eigenvalue weighted by molar-refractivity contribution is -0.255. The lowest BCUT2D eigenvalue weighted by Gasteiger charge is -2.06. The first-order valence-corrected chi connectivity index (χ1v) is 9.64. The van der Waals surface area contributed by atoms with Crippen LogP contribution >= 0.6 is 0 Å². The van der Waals surface area contributed by atoms with Crippen molar-refractivity contribution in [2.45, 2.75) is 27.9 Å². The van der Waals surface area contributed by atoms with Crippen molar-refractivity contribution in [3.63, 3.8) is 0 Å². The van der Waals surface area contributed by atoms with Crippen molar-refractivity contribution in [1.82, 2.24) is 0 Å². The van der Waals surface area contributed by atoms with Crippen LogP contribution in [-0.2, 0) is 10.9 Å². The summed E-state index contributed by atoms with van der Waals surface area (Å²) in [5.74, 6) is -1.13. The molecule has 0 spiro atoms. The third-order valence-electron chi connectivity index (χ3n) is 3.86. The van der Waals surface area contributed by atoms with E-state index < -0.39 is 5.97 Å². The minimum Gasteiger partial charge on any atom is -0.545 e. The van der Waals surface area contributed by atoms with Crippen LogP contribution in [0.5, 0.6) is 0 Å². The number of carboxylic acid groups (broad SMARTS) is 1. The topological polar surface area (TPSA) is 40.1 Å². The van der Waals surface area contributed by atoms with Crippen molar-refractivity contribution in [2.24, 2.45) is 0 Å². The van der Waals surface area contributed by atoms with Gasteiger partial charge in [0.15, 0.2) is 9.79 Å². The normalized spacial score (nSPS) is 13.0. The molecule has 1 fully saturated rings. The molecule has 3 aromatic rings. The minimum absolute atomic E-state index is 0.220. The van der Waals surface area contributed by atoms with Gasteiger partial charge >= 0.3 is 0 Å². The van der Waals surface area contributed by atoms with Crippen LogP contribution in [0.15, 0.2) is 101 Å². The summed E-state index contributed by atoms with van der Waals surface area (Å²) in [6.07, 6.45) is 2.79. The van der Waals surface area contributed by atoms with E-state index in [1.165, 1.54) is 34.8 Å². The molecule has 126 valence electrons. The molecule has 1 saturated carbocycles. The van der Waals surface area contributed by atoms with Gasteiger partial charge in [-0.2, -0.15) is 0 Å². The number of hydrogen-bond donors (Lipinski definition) is 0. The maximum atomic E-state index is 10.1. The highest BCUT2D eigenvalue weighted by atomic mass is 32.2. The molecule has 0 bridgehead atoms. The van der Waals surface area contributed by atoms with Crippen molar-refractivity contribution < 1.29 is 9.90 Å². The molecule has 0 saturated heterocycles. The standard InChI is InChI=1S/C15H15S.C7H6O2/c1-3-7-13(8-4-1)16(15-11-12-15)14-9-5-2-6-10-14;8-7(9)6-4-2-1-3-5-6/h1-10,15H,11-12H2;1-5H,(H,8,9)/q+1;/p-1. The smallest absolute Gasteiger partial charge is 0.160 e. The fourth-order valence-electron chi connectivity index (χ4n) is 2.53. The summed E-state index contributed by atoms with van der Waals surface area (Å²) in [4.78, 5) is 13.1. The number of carbonyl (C=O) groups is 1. The van der Waals surface area contributed by atoms with Gasteiger partial charge in [-0.1, -0.05) is 66.7 Å². The van der Waals surface area contributed by atoms with Gasteiger partial charge in [-0.25, -0.2) is 0 Å². The number of aromatic carboxylic acids is 1. The average molecular weight is 348 g/mol. The number of benzene rings is 3. The Labute approximate surface area is 151 Å². The van der Waals surface area contributed by atoms with Crippen LogP contribution in [0.4, 0.5) is 0 Å². The van der Waals surface area contributed by atoms with Crippen LogP contribution in [0.25, 0.3) is 0 Å². The molecule has 0 unspecified atom stereocenters. The monoisotopic (exact) mass is 348 g/mol. The lowest BCUT2D eigenvalue weighted by Crippen LogP contribution is -2.21. The molecule has 2 nitrogen and oxygen atoms in total. The second-order valence-electron chi connectivity index (χ2n) is 5.82. The maximum Gasteiger partial charge on any atom is 0.160 e. The third-order valence-corrected chi connectivity index (χ3v) is 6.56. The van der Waals surface area contributed by atoms with Crippen LogP contribution in [0.2, 0.25) is 0 Å². The molecule has 3 aromatic carbocycles. The van der Waals surface area contributed by atoms with Crippen LogP contribution in [0.1, 0.15) is 23.2 Å². The fraction of sp³-hybridized carbons (Fsp3) is 0.136. The first-order valence-electron chi connectivity index (χ1n) is 8.35. The van der Waals surface area contributed by atoms with Gasteiger partial charge in [0, 0.05) is 12.8 Å². The Morgan fingerprint density at radius 1 is 0.720 bits per heavy atom. The fourth-order valence-corrected chi connectivity index (χ4v) is 5.08. The number of carbonyl (C=O) groups excluding carboxylic acids is 1. The predicted octanol–water partition coefficient (Wildman–Crippen LogP) is 3.94. The van der Waals surface area contributed by atoms with Gasteiger partial charge in [0.05, 0.1) is 16.9 Å². The number of carboxylic acids is 1. The second-order valence-corrected chi connectivity index (χ2v) is 8.10. The summed E-state index contributed by atoms with van der Waals surface area (Å²) in [6, 6.07) is 30.0. The van der Waals surface area contributed by atoms with Crippen LogP contribution in [0, 0.1) is 0 Å². The molecule has 4 rings (SSSR count). The predicted molar refractivity (Wildman–Crippen MR) is 101 cm³/mol. The lowest BCUT2D eigenvalue weighted by atomic mass is 10.2. The van der Waals surface area contributed by atoms with Crippen LogP contribution < -0.4 is 5.11 Å². The first kappa shape index (κ1) is 17.3. The minimum atomic E-state index is -1.13. The first-order chi connectivity index (χ1) is 12.3. The van der Waals surface area contributed by atoms with Gasteiger partial charge in [0.1, 0.15) is 5.25 Å².